The fourth-order valence-electron chi connectivity index (χ4n) is 5.05. The molecular formula is C57H65Cl2N3O12S. The number of nitrogens with zero attached hydrogens (tertiary/aromatic N) is 3. The van der Waals surface area contributed by atoms with Crippen LogP contribution in [0.2, 0.25) is 0 Å². The van der Waals surface area contributed by atoms with Crippen LogP contribution in [0.3, 0.4) is 0 Å². The second-order valence-electron chi connectivity index (χ2n) is 14.9. The zero-order valence-electron chi connectivity index (χ0n) is 42.6. The summed E-state index contributed by atoms with van der Waals surface area (Å²) in [5, 5.41) is 33.4. The Kier molecular flexibility index (Phi) is 40.6. The Morgan fingerprint density at radius 2 is 0.853 bits per heavy atom. The number of hydrogen-bond acceptors (Lipinski definition) is 14. The fraction of sp³-hybridized carbons (Fsp3) is 0.281. The van der Waals surface area contributed by atoms with Crippen molar-refractivity contribution in [2.45, 2.75) is 96.1 Å². The van der Waals surface area contributed by atoms with Gasteiger partial charge in [-0.2, -0.15) is 24.2 Å². The predicted octanol–water partition coefficient (Wildman–Crippen LogP) is 11.8. The second kappa shape index (κ2) is 44.6. The first-order valence-electron chi connectivity index (χ1n) is 22.8. The summed E-state index contributed by atoms with van der Waals surface area (Å²) in [4.78, 5) is 19.5. The lowest BCUT2D eigenvalue weighted by atomic mass is 10.2. The highest BCUT2D eigenvalue weighted by Crippen LogP contribution is 2.12. The molecule has 6 aromatic carbocycles. The fourth-order valence-corrected chi connectivity index (χ4v) is 5.66. The number of alkyl halides is 1. The van der Waals surface area contributed by atoms with E-state index < -0.39 is 22.0 Å². The van der Waals surface area contributed by atoms with Crippen LogP contribution in [0.5, 0.6) is 0 Å². The maximum atomic E-state index is 10.5. The van der Waals surface area contributed by atoms with Gasteiger partial charge in [0.2, 0.25) is 5.24 Å². The summed E-state index contributed by atoms with van der Waals surface area (Å²) in [6.07, 6.45) is -0.137. The molecule has 0 aromatic heterocycles. The standard InChI is InChI=1S/C17H17NO2.C10H10ClNO.C9H10O2.C7H8O3S.C7H8O.C5H9NO2.C2H3ClO/c18-12-11-17(19-13-15-7-3-1-4-8-15)20-14-16-9-5-2-6-10-16;11-10(6-7-12)13-8-9-4-2-1-3-5-9;1-8(10)11-7-9-5-3-2-4-6-9;1-6-2-4-7(5-3-6)11(8,9)10;8-6-7-4-2-1-3-5-7;1-7-5(8-2)3-4-6;1-2(3)4/h1-10,17H,11,13-14H2;1-5,10H,6,8H2;2-6H,7H2,1H3;2-5H,1H3,(H,8,9,10);1-5,8H,6H2;5H,3H2,1-2H3;1H3. The quantitative estimate of drug-likeness (QED) is 0.0268. The molecule has 0 amide bonds. The number of carbonyl (C=O) groups excluding carboxylic acids is 2. The summed E-state index contributed by atoms with van der Waals surface area (Å²) in [7, 11) is -1.01. The van der Waals surface area contributed by atoms with Gasteiger partial charge >= 0.3 is 5.97 Å². The topological polar surface area (TPSA) is 235 Å². The largest absolute Gasteiger partial charge is 0.461 e. The lowest BCUT2D eigenvalue weighted by Crippen LogP contribution is -2.16. The number of aliphatic hydroxyl groups excluding tert-OH is 1. The van der Waals surface area contributed by atoms with Gasteiger partial charge in [-0.25, -0.2) is 0 Å². The Morgan fingerprint density at radius 1 is 0.533 bits per heavy atom. The molecule has 6 rings (SSSR count). The Hall–Kier alpha value is -6.82. The first-order chi connectivity index (χ1) is 36.0. The van der Waals surface area contributed by atoms with Crippen molar-refractivity contribution >= 4 is 44.5 Å². The summed E-state index contributed by atoms with van der Waals surface area (Å²) in [6.45, 7) is 6.40. The van der Waals surface area contributed by atoms with E-state index in [2.05, 4.69) is 17.7 Å². The lowest BCUT2D eigenvalue weighted by Gasteiger charge is -2.16. The Balaban J connectivity index is 0.000000889. The molecule has 1 unspecified atom stereocenters. The molecule has 0 saturated carbocycles. The van der Waals surface area contributed by atoms with Crippen LogP contribution < -0.4 is 0 Å². The normalized spacial score (nSPS) is 10.2. The van der Waals surface area contributed by atoms with E-state index in [1.807, 2.05) is 171 Å². The number of aryl methyl sites for hydroxylation is 1. The minimum atomic E-state index is -4.02. The van der Waals surface area contributed by atoms with Crippen LogP contribution in [-0.4, -0.2) is 61.7 Å². The summed E-state index contributed by atoms with van der Waals surface area (Å²) < 4.78 is 60.2. The highest BCUT2D eigenvalue weighted by Gasteiger charge is 2.10. The van der Waals surface area contributed by atoms with E-state index in [1.54, 1.807) is 12.1 Å². The molecule has 0 aliphatic rings. The number of hydrogen-bond donors (Lipinski definition) is 2. The molecule has 1 atom stereocenters. The average Bonchev–Trinajstić information content (AvgIpc) is 3.42. The Bertz CT molecular complexity index is 2550. The molecule has 400 valence electrons. The zero-order valence-corrected chi connectivity index (χ0v) is 44.9. The average molecular weight is 1090 g/mol. The summed E-state index contributed by atoms with van der Waals surface area (Å²) in [5.74, 6) is -0.242. The third-order valence-electron chi connectivity index (χ3n) is 8.75. The first kappa shape index (κ1) is 68.2. The van der Waals surface area contributed by atoms with E-state index in [-0.39, 0.29) is 48.3 Å². The number of benzene rings is 6. The monoisotopic (exact) mass is 1090 g/mol. The smallest absolute Gasteiger partial charge is 0.302 e. The number of rotatable bonds is 18. The number of halogens is 2. The molecular weight excluding hydrogens is 1020 g/mol. The Labute approximate surface area is 452 Å². The van der Waals surface area contributed by atoms with Crippen molar-refractivity contribution in [3.05, 3.63) is 209 Å². The number of nitriles is 3. The van der Waals surface area contributed by atoms with E-state index in [0.717, 1.165) is 33.4 Å². The molecule has 2 N–H and O–H groups in total. The van der Waals surface area contributed by atoms with Gasteiger partial charge in [0.05, 0.1) is 68.8 Å². The third-order valence-corrected chi connectivity index (χ3v) is 9.90. The Morgan fingerprint density at radius 3 is 1.13 bits per heavy atom. The van der Waals surface area contributed by atoms with E-state index in [9.17, 15) is 18.0 Å². The molecule has 0 heterocycles. The first-order valence-corrected chi connectivity index (χ1v) is 25.1. The minimum Gasteiger partial charge on any atom is -0.461 e. The van der Waals surface area contributed by atoms with Gasteiger partial charge in [0.15, 0.2) is 12.6 Å². The molecule has 0 radical (unpaired) electrons. The third kappa shape index (κ3) is 40.3. The number of methoxy groups -OCH3 is 2. The van der Waals surface area contributed by atoms with Crippen molar-refractivity contribution in [3.63, 3.8) is 0 Å². The number of carbonyl (C=O) groups is 2. The van der Waals surface area contributed by atoms with Gasteiger partial charge in [-0.1, -0.05) is 181 Å². The van der Waals surface area contributed by atoms with Crippen molar-refractivity contribution in [2.75, 3.05) is 14.2 Å². The van der Waals surface area contributed by atoms with E-state index >= 15 is 0 Å². The number of aliphatic hydroxyl groups is 1. The van der Waals surface area contributed by atoms with Gasteiger partial charge in [-0.15, -0.1) is 0 Å². The van der Waals surface area contributed by atoms with Crippen molar-refractivity contribution in [1.29, 1.82) is 15.8 Å². The summed E-state index contributed by atoms with van der Waals surface area (Å²) in [6, 6.07) is 60.5. The molecule has 0 fully saturated rings. The van der Waals surface area contributed by atoms with Gasteiger partial charge in [0.25, 0.3) is 10.1 Å². The molecule has 0 saturated heterocycles. The van der Waals surface area contributed by atoms with Crippen LogP contribution in [0, 0.1) is 40.9 Å². The maximum Gasteiger partial charge on any atom is 0.302 e. The second-order valence-corrected chi connectivity index (χ2v) is 17.3. The zero-order chi connectivity index (χ0) is 56.0. The molecule has 0 aliphatic heterocycles. The highest BCUT2D eigenvalue weighted by atomic mass is 35.5. The molecule has 18 heteroatoms. The van der Waals surface area contributed by atoms with Crippen LogP contribution >= 0.6 is 23.2 Å². The van der Waals surface area contributed by atoms with Crippen LogP contribution in [-0.2, 0) is 81.2 Å². The van der Waals surface area contributed by atoms with Gasteiger partial charge < -0.3 is 33.5 Å². The summed E-state index contributed by atoms with van der Waals surface area (Å²) in [5.41, 5.74) is 5.63. The SMILES string of the molecule is CC(=O)Cl.CC(=O)OCc1ccccc1.COC(CC#N)OC.Cc1ccc(S(=O)(=O)O)cc1.N#CCC(Cl)OCc1ccccc1.N#CCC(OCc1ccccc1)OCc1ccccc1.OCc1ccccc1. The van der Waals surface area contributed by atoms with Crippen LogP contribution in [0.1, 0.15) is 66.5 Å². The van der Waals surface area contributed by atoms with Gasteiger partial charge in [0.1, 0.15) is 12.2 Å². The van der Waals surface area contributed by atoms with E-state index in [0.29, 0.717) is 26.4 Å². The minimum absolute atomic E-state index is 0.0666. The van der Waals surface area contributed by atoms with Crippen molar-refractivity contribution in [2.24, 2.45) is 0 Å². The molecule has 0 aliphatic carbocycles. The highest BCUT2D eigenvalue weighted by molar-refractivity contribution is 7.85. The van der Waals surface area contributed by atoms with Crippen molar-refractivity contribution in [3.8, 4) is 18.2 Å². The van der Waals surface area contributed by atoms with Crippen molar-refractivity contribution < 1.29 is 56.1 Å². The van der Waals surface area contributed by atoms with Gasteiger partial charge in [0, 0.05) is 28.1 Å². The molecule has 75 heavy (non-hydrogen) atoms. The predicted molar refractivity (Wildman–Crippen MR) is 287 cm³/mol. The van der Waals surface area contributed by atoms with E-state index in [1.165, 1.54) is 40.2 Å². The molecule has 0 spiro atoms. The van der Waals surface area contributed by atoms with Crippen LogP contribution in [0.4, 0.5) is 0 Å². The van der Waals surface area contributed by atoms with E-state index in [4.69, 9.17) is 65.5 Å². The lowest BCUT2D eigenvalue weighted by molar-refractivity contribution is -0.153. The molecule has 15 nitrogen and oxygen atoms in total. The van der Waals surface area contributed by atoms with Gasteiger partial charge in [-0.3, -0.25) is 14.1 Å². The van der Waals surface area contributed by atoms with Crippen LogP contribution in [0.15, 0.2) is 181 Å². The number of esters is 1. The molecule has 0 bridgehead atoms. The number of ether oxygens (including phenoxy) is 6. The van der Waals surface area contributed by atoms with Crippen LogP contribution in [0.25, 0.3) is 0 Å². The van der Waals surface area contributed by atoms with Gasteiger partial charge in [-0.05, 0) is 58.5 Å². The maximum absolute atomic E-state index is 10.5. The van der Waals surface area contributed by atoms with Crippen molar-refractivity contribution in [1.82, 2.24) is 0 Å². The summed E-state index contributed by atoms with van der Waals surface area (Å²) >= 11 is 10.3. The molecule has 6 aromatic rings.